The van der Waals surface area contributed by atoms with Crippen LogP contribution in [0.4, 0.5) is 11.6 Å². The molecule has 0 radical (unpaired) electrons. The molecule has 0 aliphatic carbocycles. The van der Waals surface area contributed by atoms with E-state index in [-0.39, 0.29) is 0 Å². The van der Waals surface area contributed by atoms with Gasteiger partial charge in [0.15, 0.2) is 0 Å². The summed E-state index contributed by atoms with van der Waals surface area (Å²) in [6.07, 6.45) is 3.41. The Kier molecular flexibility index (Phi) is 10.5. The number of nitrogens with zero attached hydrogens (tertiary/aromatic N) is 2. The van der Waals surface area contributed by atoms with Crippen molar-refractivity contribution < 1.29 is 10.0 Å². The van der Waals surface area contributed by atoms with Crippen LogP contribution in [-0.2, 0) is 0 Å². The van der Waals surface area contributed by atoms with Gasteiger partial charge in [0.05, 0.1) is 0 Å². The van der Waals surface area contributed by atoms with Gasteiger partial charge in [0, 0.05) is 32.5 Å². The van der Waals surface area contributed by atoms with Crippen LogP contribution in [0, 0.1) is 0 Å². The monoisotopic (exact) mass is 532 g/mol. The van der Waals surface area contributed by atoms with Gasteiger partial charge in [0.2, 0.25) is 0 Å². The van der Waals surface area contributed by atoms with Crippen molar-refractivity contribution >= 4 is 63.3 Å². The molecule has 0 spiro atoms. The first-order chi connectivity index (χ1) is 15.2. The fourth-order valence-corrected chi connectivity index (χ4v) is 2.73. The number of benzene rings is 2. The lowest BCUT2D eigenvalue weighted by Gasteiger charge is -2.01. The molecule has 6 N–H and O–H groups in total. The van der Waals surface area contributed by atoms with Crippen molar-refractivity contribution in [1.82, 2.24) is 9.97 Å². The van der Waals surface area contributed by atoms with Gasteiger partial charge >= 0.3 is 7.12 Å². The summed E-state index contributed by atoms with van der Waals surface area (Å²) in [4.78, 5) is 7.83. The van der Waals surface area contributed by atoms with E-state index in [2.05, 4.69) is 25.9 Å². The summed E-state index contributed by atoms with van der Waals surface area (Å²) in [5.74, 6) is 1.08. The van der Waals surface area contributed by atoms with E-state index < -0.39 is 7.12 Å². The second kappa shape index (κ2) is 13.1. The first-order valence-electron chi connectivity index (χ1n) is 9.20. The largest absolute Gasteiger partial charge is 0.488 e. The van der Waals surface area contributed by atoms with Crippen molar-refractivity contribution in [3.63, 3.8) is 0 Å². The lowest BCUT2D eigenvalue weighted by molar-refractivity contribution is 0.426. The number of anilines is 2. The van der Waals surface area contributed by atoms with Crippen LogP contribution in [-0.4, -0.2) is 27.1 Å². The molecule has 32 heavy (non-hydrogen) atoms. The lowest BCUT2D eigenvalue weighted by atomic mass is 9.81. The van der Waals surface area contributed by atoms with Crippen molar-refractivity contribution in [2.24, 2.45) is 0 Å². The molecule has 2 aromatic heterocycles. The van der Waals surface area contributed by atoms with E-state index in [1.807, 2.05) is 36.4 Å². The zero-order valence-electron chi connectivity index (χ0n) is 16.7. The van der Waals surface area contributed by atoms with Gasteiger partial charge in [-0.25, -0.2) is 9.97 Å². The molecule has 0 amide bonds. The minimum Gasteiger partial charge on any atom is -0.423 e. The van der Waals surface area contributed by atoms with E-state index in [0.717, 1.165) is 20.6 Å². The standard InChI is InChI=1S/C11H9ClN2.C6H6BClO2.C5H5BrN2/c12-10-4-1-8(2-5-10)9-3-6-11(13)14-7-9;8-6-3-1-5(2-4-6)7(9)10;6-4-1-2-5(7)8-3-4/h1-7H,(H2,13,14);1-4,9-10H;1-3H,(H2,7,8). The topological polar surface area (TPSA) is 118 Å². The van der Waals surface area contributed by atoms with Crippen molar-refractivity contribution in [3.05, 3.63) is 99.7 Å². The molecule has 4 rings (SSSR count). The van der Waals surface area contributed by atoms with Crippen molar-refractivity contribution in [3.8, 4) is 11.1 Å². The Morgan fingerprint density at radius 2 is 1.12 bits per heavy atom. The fraction of sp³-hybridized carbons (Fsp3) is 0. The van der Waals surface area contributed by atoms with Gasteiger partial charge in [-0.2, -0.15) is 0 Å². The van der Waals surface area contributed by atoms with Crippen LogP contribution >= 0.6 is 39.1 Å². The van der Waals surface area contributed by atoms with Gasteiger partial charge in [-0.15, -0.1) is 0 Å². The van der Waals surface area contributed by atoms with Crippen LogP contribution in [0.25, 0.3) is 11.1 Å². The molecule has 0 fully saturated rings. The van der Waals surface area contributed by atoms with Gasteiger partial charge in [-0.1, -0.05) is 47.5 Å². The van der Waals surface area contributed by atoms with Gasteiger partial charge in [-0.3, -0.25) is 0 Å². The van der Waals surface area contributed by atoms with Crippen molar-refractivity contribution in [2.45, 2.75) is 0 Å². The normalized spacial score (nSPS) is 9.66. The van der Waals surface area contributed by atoms with Crippen molar-refractivity contribution in [1.29, 1.82) is 0 Å². The number of hydrogen-bond acceptors (Lipinski definition) is 6. The molecule has 0 saturated heterocycles. The Balaban J connectivity index is 0.000000178. The summed E-state index contributed by atoms with van der Waals surface area (Å²) in [5.41, 5.74) is 13.4. The lowest BCUT2D eigenvalue weighted by Crippen LogP contribution is -2.29. The molecule has 10 heteroatoms. The molecule has 0 aliphatic heterocycles. The summed E-state index contributed by atoms with van der Waals surface area (Å²) >= 11 is 14.6. The number of nitrogens with two attached hydrogens (primary N) is 2. The molecule has 2 aromatic carbocycles. The van der Waals surface area contributed by atoms with Crippen LogP contribution in [0.3, 0.4) is 0 Å². The zero-order valence-corrected chi connectivity index (χ0v) is 19.8. The van der Waals surface area contributed by atoms with Crippen LogP contribution < -0.4 is 16.9 Å². The molecule has 0 saturated carbocycles. The number of pyridine rings is 2. The molecule has 0 aliphatic rings. The second-order valence-corrected chi connectivity index (χ2v) is 8.09. The van der Waals surface area contributed by atoms with E-state index in [1.54, 1.807) is 48.8 Å². The molecular weight excluding hydrogens is 514 g/mol. The maximum Gasteiger partial charge on any atom is 0.488 e. The van der Waals surface area contributed by atoms with E-state index in [9.17, 15) is 0 Å². The molecule has 6 nitrogen and oxygen atoms in total. The highest BCUT2D eigenvalue weighted by atomic mass is 79.9. The Morgan fingerprint density at radius 3 is 1.53 bits per heavy atom. The number of halogens is 3. The molecule has 0 unspecified atom stereocenters. The summed E-state index contributed by atoms with van der Waals surface area (Å²) in [6, 6.07) is 21.3. The first kappa shape index (κ1) is 25.6. The van der Waals surface area contributed by atoms with Crippen LogP contribution in [0.5, 0.6) is 0 Å². The van der Waals surface area contributed by atoms with Gasteiger partial charge in [0.25, 0.3) is 0 Å². The van der Waals surface area contributed by atoms with Crippen molar-refractivity contribution in [2.75, 3.05) is 11.5 Å². The Morgan fingerprint density at radius 1 is 0.656 bits per heavy atom. The summed E-state index contributed by atoms with van der Waals surface area (Å²) in [5, 5.41) is 18.6. The average molecular weight is 534 g/mol. The minimum absolute atomic E-state index is 0.449. The van der Waals surface area contributed by atoms with Crippen LogP contribution in [0.1, 0.15) is 0 Å². The highest BCUT2D eigenvalue weighted by Gasteiger charge is 2.08. The summed E-state index contributed by atoms with van der Waals surface area (Å²) < 4.78 is 0.951. The minimum atomic E-state index is -1.41. The van der Waals surface area contributed by atoms with Crippen LogP contribution in [0.15, 0.2) is 89.7 Å². The zero-order chi connectivity index (χ0) is 23.5. The van der Waals surface area contributed by atoms with Crippen LogP contribution in [0.2, 0.25) is 10.0 Å². The number of hydrogen-bond donors (Lipinski definition) is 4. The van der Waals surface area contributed by atoms with Gasteiger partial charge in [-0.05, 0) is 75.5 Å². The maximum absolute atomic E-state index is 8.63. The van der Waals surface area contributed by atoms with E-state index in [0.29, 0.717) is 22.1 Å². The highest BCUT2D eigenvalue weighted by Crippen LogP contribution is 2.20. The number of rotatable bonds is 2. The Labute approximate surface area is 205 Å². The highest BCUT2D eigenvalue weighted by molar-refractivity contribution is 9.10. The van der Waals surface area contributed by atoms with E-state index >= 15 is 0 Å². The number of aromatic nitrogens is 2. The van der Waals surface area contributed by atoms with Gasteiger partial charge < -0.3 is 21.5 Å². The summed E-state index contributed by atoms with van der Waals surface area (Å²) in [7, 11) is -1.41. The predicted octanol–water partition coefficient (Wildman–Crippen LogP) is 4.43. The second-order valence-electron chi connectivity index (χ2n) is 6.31. The Bertz CT molecular complexity index is 1020. The smallest absolute Gasteiger partial charge is 0.423 e. The molecule has 164 valence electrons. The van der Waals surface area contributed by atoms with Gasteiger partial charge in [0.1, 0.15) is 11.6 Å². The predicted molar refractivity (Wildman–Crippen MR) is 137 cm³/mol. The third-order valence-electron chi connectivity index (χ3n) is 3.88. The summed E-state index contributed by atoms with van der Waals surface area (Å²) in [6.45, 7) is 0. The fourth-order valence-electron chi connectivity index (χ4n) is 2.24. The SMILES string of the molecule is Nc1ccc(-c2ccc(Cl)cc2)cn1.Nc1ccc(Br)cn1.OB(O)c1ccc(Cl)cc1. The molecule has 2 heterocycles. The first-order valence-corrected chi connectivity index (χ1v) is 10.8. The van der Waals surface area contributed by atoms with E-state index in [1.165, 1.54) is 0 Å². The third kappa shape index (κ3) is 9.26. The Hall–Kier alpha value is -2.62. The average Bonchev–Trinajstić information content (AvgIpc) is 2.78. The molecule has 4 aromatic rings. The third-order valence-corrected chi connectivity index (χ3v) is 4.86. The molecule has 0 atom stereocenters. The quantitative estimate of drug-likeness (QED) is 0.283. The molecular formula is C22H20BBrCl2N4O2. The molecule has 0 bridgehead atoms. The van der Waals surface area contributed by atoms with E-state index in [4.69, 9.17) is 44.7 Å². The maximum atomic E-state index is 8.63. The number of nitrogen functional groups attached to an aromatic ring is 2.